The Morgan fingerprint density at radius 3 is 2.50 bits per heavy atom. The van der Waals surface area contributed by atoms with Crippen LogP contribution in [0.25, 0.3) is 0 Å². The first-order valence-corrected chi connectivity index (χ1v) is 9.23. The van der Waals surface area contributed by atoms with Crippen LogP contribution in [0.4, 0.5) is 5.69 Å². The minimum atomic E-state index is 0.841. The molecule has 0 amide bonds. The van der Waals surface area contributed by atoms with E-state index in [4.69, 9.17) is 4.74 Å². The molecule has 3 heterocycles. The number of fused-ring (bicyclic) bond motifs is 1. The summed E-state index contributed by atoms with van der Waals surface area (Å²) in [5.74, 6) is 1.14. The van der Waals surface area contributed by atoms with Crippen molar-refractivity contribution in [1.29, 1.82) is 0 Å². The summed E-state index contributed by atoms with van der Waals surface area (Å²) in [7, 11) is 0. The van der Waals surface area contributed by atoms with Gasteiger partial charge in [-0.05, 0) is 43.1 Å². The molecule has 0 N–H and O–H groups in total. The second-order valence-corrected chi connectivity index (χ2v) is 6.82. The van der Waals surface area contributed by atoms with E-state index in [1.54, 1.807) is 0 Å². The quantitative estimate of drug-likeness (QED) is 0.762. The monoisotopic (exact) mass is 325 g/mol. The molecular formula is C20H27N3O. The van der Waals surface area contributed by atoms with Crippen LogP contribution in [0.1, 0.15) is 18.4 Å². The lowest BCUT2D eigenvalue weighted by atomic mass is 10.1. The van der Waals surface area contributed by atoms with Crippen molar-refractivity contribution in [2.75, 3.05) is 44.2 Å². The molecule has 0 spiro atoms. The molecule has 0 saturated carbocycles. The van der Waals surface area contributed by atoms with E-state index in [0.717, 1.165) is 51.5 Å². The molecule has 0 aliphatic carbocycles. The van der Waals surface area contributed by atoms with Gasteiger partial charge in [0.1, 0.15) is 5.75 Å². The zero-order valence-electron chi connectivity index (χ0n) is 14.4. The smallest absolute Gasteiger partial charge is 0.145 e. The average molecular weight is 325 g/mol. The first-order valence-electron chi connectivity index (χ1n) is 9.23. The first kappa shape index (κ1) is 15.6. The van der Waals surface area contributed by atoms with Gasteiger partial charge in [0.05, 0.1) is 12.3 Å². The highest BCUT2D eigenvalue weighted by Crippen LogP contribution is 2.36. The summed E-state index contributed by atoms with van der Waals surface area (Å²) in [6.45, 7) is 7.74. The third-order valence-electron chi connectivity index (χ3n) is 5.21. The number of hydrogen-bond acceptors (Lipinski definition) is 3. The Balaban J connectivity index is 1.23. The van der Waals surface area contributed by atoms with Crippen LogP contribution in [0.2, 0.25) is 0 Å². The number of benzene rings is 1. The summed E-state index contributed by atoms with van der Waals surface area (Å²) in [6.07, 6.45) is 7.90. The van der Waals surface area contributed by atoms with Crippen LogP contribution in [-0.4, -0.2) is 48.8 Å². The third kappa shape index (κ3) is 3.44. The van der Waals surface area contributed by atoms with Crippen LogP contribution in [-0.2, 0) is 13.0 Å². The van der Waals surface area contributed by atoms with Gasteiger partial charge in [0.2, 0.25) is 0 Å². The molecule has 1 aromatic heterocycles. The first-order chi connectivity index (χ1) is 11.9. The summed E-state index contributed by atoms with van der Waals surface area (Å²) in [5.41, 5.74) is 2.68. The lowest BCUT2D eigenvalue weighted by Gasteiger charge is -2.36. The number of aromatic nitrogens is 1. The molecule has 0 unspecified atom stereocenters. The molecule has 1 saturated heterocycles. The highest BCUT2D eigenvalue weighted by molar-refractivity contribution is 5.63. The highest BCUT2D eigenvalue weighted by atomic mass is 16.5. The van der Waals surface area contributed by atoms with E-state index in [-0.39, 0.29) is 0 Å². The maximum atomic E-state index is 5.87. The van der Waals surface area contributed by atoms with Gasteiger partial charge in [-0.25, -0.2) is 0 Å². The van der Waals surface area contributed by atoms with Crippen LogP contribution in [0, 0.1) is 0 Å². The Labute approximate surface area is 144 Å². The normalized spacial score (nSPS) is 17.8. The SMILES string of the molecule is c1cc2c(c(N3CCN(CCCCn4cccc4)CC3)c1)OCC2. The summed E-state index contributed by atoms with van der Waals surface area (Å²) >= 11 is 0. The van der Waals surface area contributed by atoms with E-state index in [2.05, 4.69) is 57.1 Å². The third-order valence-corrected chi connectivity index (χ3v) is 5.21. The number of para-hydroxylation sites is 1. The second kappa shape index (κ2) is 7.31. The van der Waals surface area contributed by atoms with E-state index in [0.29, 0.717) is 0 Å². The maximum absolute atomic E-state index is 5.87. The van der Waals surface area contributed by atoms with Crippen molar-refractivity contribution in [2.45, 2.75) is 25.8 Å². The number of piperazine rings is 1. The number of aryl methyl sites for hydroxylation is 1. The fraction of sp³-hybridized carbons (Fsp3) is 0.500. The Morgan fingerprint density at radius 2 is 1.67 bits per heavy atom. The molecule has 2 aromatic rings. The van der Waals surface area contributed by atoms with Crippen molar-refractivity contribution >= 4 is 5.69 Å². The summed E-state index contributed by atoms with van der Waals surface area (Å²) < 4.78 is 8.14. The molecular weight excluding hydrogens is 298 g/mol. The van der Waals surface area contributed by atoms with Gasteiger partial charge in [0.25, 0.3) is 0 Å². The van der Waals surface area contributed by atoms with Crippen molar-refractivity contribution in [3.8, 4) is 5.75 Å². The Bertz CT molecular complexity index is 645. The van der Waals surface area contributed by atoms with Crippen molar-refractivity contribution in [1.82, 2.24) is 9.47 Å². The van der Waals surface area contributed by atoms with Gasteiger partial charge in [-0.2, -0.15) is 0 Å². The molecule has 128 valence electrons. The number of nitrogens with zero attached hydrogens (tertiary/aromatic N) is 3. The standard InChI is InChI=1S/C20H27N3O/c1-2-10-21(9-1)11-3-4-12-22-13-15-23(16-14-22)19-7-5-6-18-8-17-24-20(18)19/h1-2,5-7,9-10H,3-4,8,11-17H2. The van der Waals surface area contributed by atoms with Gasteiger partial charge in [0.15, 0.2) is 0 Å². The van der Waals surface area contributed by atoms with E-state index >= 15 is 0 Å². The fourth-order valence-electron chi connectivity index (χ4n) is 3.81. The molecule has 4 heteroatoms. The minimum Gasteiger partial charge on any atom is -0.491 e. The minimum absolute atomic E-state index is 0.841. The van der Waals surface area contributed by atoms with Gasteiger partial charge >= 0.3 is 0 Å². The molecule has 4 rings (SSSR count). The van der Waals surface area contributed by atoms with E-state index in [1.807, 2.05) is 0 Å². The lowest BCUT2D eigenvalue weighted by Crippen LogP contribution is -2.46. The summed E-state index contributed by atoms with van der Waals surface area (Å²) in [4.78, 5) is 5.11. The molecule has 24 heavy (non-hydrogen) atoms. The predicted octanol–water partition coefficient (Wildman–Crippen LogP) is 3.03. The highest BCUT2D eigenvalue weighted by Gasteiger charge is 2.23. The zero-order valence-corrected chi connectivity index (χ0v) is 14.4. The molecule has 2 aliphatic rings. The van der Waals surface area contributed by atoms with Gasteiger partial charge < -0.3 is 14.2 Å². The van der Waals surface area contributed by atoms with Gasteiger partial charge in [0, 0.05) is 51.5 Å². The topological polar surface area (TPSA) is 20.6 Å². The molecule has 4 nitrogen and oxygen atoms in total. The second-order valence-electron chi connectivity index (χ2n) is 6.82. The van der Waals surface area contributed by atoms with Crippen LogP contribution >= 0.6 is 0 Å². The molecule has 0 atom stereocenters. The molecule has 1 aromatic carbocycles. The number of unbranched alkanes of at least 4 members (excludes halogenated alkanes) is 1. The predicted molar refractivity (Wildman–Crippen MR) is 98.0 cm³/mol. The number of rotatable bonds is 6. The van der Waals surface area contributed by atoms with Crippen LogP contribution in [0.3, 0.4) is 0 Å². The molecule has 0 bridgehead atoms. The average Bonchev–Trinajstić information content (AvgIpc) is 3.30. The van der Waals surface area contributed by atoms with Crippen LogP contribution < -0.4 is 9.64 Å². The van der Waals surface area contributed by atoms with Gasteiger partial charge in [-0.3, -0.25) is 4.90 Å². The maximum Gasteiger partial charge on any atom is 0.145 e. The number of ether oxygens (including phenoxy) is 1. The Kier molecular flexibility index (Phi) is 4.74. The van der Waals surface area contributed by atoms with Gasteiger partial charge in [-0.15, -0.1) is 0 Å². The van der Waals surface area contributed by atoms with E-state index < -0.39 is 0 Å². The van der Waals surface area contributed by atoms with Crippen molar-refractivity contribution in [3.05, 3.63) is 48.3 Å². The van der Waals surface area contributed by atoms with Gasteiger partial charge in [-0.1, -0.05) is 12.1 Å². The Hall–Kier alpha value is -1.94. The number of anilines is 1. The largest absolute Gasteiger partial charge is 0.491 e. The summed E-state index contributed by atoms with van der Waals surface area (Å²) in [6, 6.07) is 10.8. The summed E-state index contributed by atoms with van der Waals surface area (Å²) in [5, 5.41) is 0. The van der Waals surface area contributed by atoms with Crippen LogP contribution in [0.5, 0.6) is 5.75 Å². The zero-order chi connectivity index (χ0) is 16.2. The van der Waals surface area contributed by atoms with E-state index in [9.17, 15) is 0 Å². The number of hydrogen-bond donors (Lipinski definition) is 0. The molecule has 2 aliphatic heterocycles. The fourth-order valence-corrected chi connectivity index (χ4v) is 3.81. The lowest BCUT2D eigenvalue weighted by molar-refractivity contribution is 0.250. The van der Waals surface area contributed by atoms with Crippen molar-refractivity contribution < 1.29 is 4.74 Å². The molecule has 0 radical (unpaired) electrons. The van der Waals surface area contributed by atoms with Crippen molar-refractivity contribution in [3.63, 3.8) is 0 Å². The van der Waals surface area contributed by atoms with E-state index in [1.165, 1.54) is 30.6 Å². The van der Waals surface area contributed by atoms with Crippen molar-refractivity contribution in [2.24, 2.45) is 0 Å². The molecule has 1 fully saturated rings. The Morgan fingerprint density at radius 1 is 0.875 bits per heavy atom. The van der Waals surface area contributed by atoms with Crippen LogP contribution in [0.15, 0.2) is 42.7 Å².